The predicted octanol–water partition coefficient (Wildman–Crippen LogP) is 1.72. The Kier molecular flexibility index (Phi) is 4.46. The number of likely N-dealkylation sites (tertiary alicyclic amines) is 1. The van der Waals surface area contributed by atoms with Crippen LogP contribution in [0.15, 0.2) is 0 Å². The molecular formula is C14H24N2O2S. The Bertz CT molecular complexity index is 358. The van der Waals surface area contributed by atoms with Crippen molar-refractivity contribution in [1.29, 1.82) is 0 Å². The van der Waals surface area contributed by atoms with E-state index in [2.05, 4.69) is 6.92 Å². The third-order valence-electron chi connectivity index (χ3n) is 4.41. The van der Waals surface area contributed by atoms with E-state index in [0.29, 0.717) is 17.0 Å². The fraction of sp³-hybridized carbons (Fsp3) is 0.857. The number of carbonyl (C=O) groups is 1. The highest BCUT2D eigenvalue weighted by molar-refractivity contribution is 7.80. The molecule has 19 heavy (non-hydrogen) atoms. The predicted molar refractivity (Wildman–Crippen MR) is 78.8 cm³/mol. The number of nitrogens with zero attached hydrogens (tertiary/aromatic N) is 1. The second-order valence-electron chi connectivity index (χ2n) is 5.91. The molecule has 108 valence electrons. The van der Waals surface area contributed by atoms with Gasteiger partial charge in [-0.25, -0.2) is 0 Å². The number of carbonyl (C=O) groups excluding carboxylic acids is 1. The molecule has 0 aromatic carbocycles. The van der Waals surface area contributed by atoms with Crippen molar-refractivity contribution in [3.63, 3.8) is 0 Å². The van der Waals surface area contributed by atoms with E-state index in [9.17, 15) is 4.79 Å². The minimum Gasteiger partial charge on any atom is -0.392 e. The van der Waals surface area contributed by atoms with Crippen LogP contribution in [-0.2, 0) is 9.53 Å². The SMILES string of the molecule is CCOC1CCN(C(=O)C2(C(N)=S)CC(C)C2)CC1. The Morgan fingerprint density at radius 1 is 1.42 bits per heavy atom. The zero-order chi connectivity index (χ0) is 14.0. The number of thiocarbonyl (C=S) groups is 1. The fourth-order valence-electron chi connectivity index (χ4n) is 3.38. The normalized spacial score (nSPS) is 31.9. The molecule has 1 heterocycles. The van der Waals surface area contributed by atoms with Gasteiger partial charge in [-0.15, -0.1) is 0 Å². The van der Waals surface area contributed by atoms with Crippen molar-refractivity contribution in [2.24, 2.45) is 17.1 Å². The third kappa shape index (κ3) is 2.77. The van der Waals surface area contributed by atoms with E-state index >= 15 is 0 Å². The first-order valence-electron chi connectivity index (χ1n) is 7.20. The molecule has 2 N–H and O–H groups in total. The standard InChI is InChI=1S/C14H24N2O2S/c1-3-18-11-4-6-16(7-5-11)13(17)14(12(15)19)8-10(2)9-14/h10-11H,3-9H2,1-2H3,(H2,15,19). The molecule has 0 atom stereocenters. The van der Waals surface area contributed by atoms with E-state index in [0.717, 1.165) is 45.4 Å². The summed E-state index contributed by atoms with van der Waals surface area (Å²) in [7, 11) is 0. The Labute approximate surface area is 120 Å². The third-order valence-corrected chi connectivity index (χ3v) is 4.80. The van der Waals surface area contributed by atoms with Gasteiger partial charge in [-0.2, -0.15) is 0 Å². The highest BCUT2D eigenvalue weighted by Gasteiger charge is 2.52. The van der Waals surface area contributed by atoms with Crippen LogP contribution in [0.1, 0.15) is 39.5 Å². The number of rotatable bonds is 4. The van der Waals surface area contributed by atoms with Gasteiger partial charge in [-0.05, 0) is 38.5 Å². The molecule has 1 saturated carbocycles. The fourth-order valence-corrected chi connectivity index (χ4v) is 3.63. The summed E-state index contributed by atoms with van der Waals surface area (Å²) < 4.78 is 5.61. The molecule has 0 spiro atoms. The lowest BCUT2D eigenvalue weighted by Gasteiger charge is -2.47. The summed E-state index contributed by atoms with van der Waals surface area (Å²) in [6, 6.07) is 0. The van der Waals surface area contributed by atoms with Crippen LogP contribution in [0.25, 0.3) is 0 Å². The second kappa shape index (κ2) is 5.75. The van der Waals surface area contributed by atoms with Crippen molar-refractivity contribution < 1.29 is 9.53 Å². The van der Waals surface area contributed by atoms with Crippen molar-refractivity contribution in [3.05, 3.63) is 0 Å². The zero-order valence-electron chi connectivity index (χ0n) is 11.9. The van der Waals surface area contributed by atoms with Gasteiger partial charge < -0.3 is 15.4 Å². The molecule has 1 aliphatic heterocycles. The molecule has 0 unspecified atom stereocenters. The lowest BCUT2D eigenvalue weighted by molar-refractivity contribution is -0.146. The summed E-state index contributed by atoms with van der Waals surface area (Å²) >= 11 is 5.15. The van der Waals surface area contributed by atoms with Crippen LogP contribution < -0.4 is 5.73 Å². The van der Waals surface area contributed by atoms with Crippen LogP contribution in [0, 0.1) is 11.3 Å². The number of hydrogen-bond acceptors (Lipinski definition) is 3. The number of amides is 1. The number of hydrogen-bond donors (Lipinski definition) is 1. The summed E-state index contributed by atoms with van der Waals surface area (Å²) in [5.41, 5.74) is 5.29. The van der Waals surface area contributed by atoms with Gasteiger partial charge in [0, 0.05) is 19.7 Å². The Morgan fingerprint density at radius 3 is 2.42 bits per heavy atom. The summed E-state index contributed by atoms with van der Waals surface area (Å²) in [6.45, 7) is 6.43. The van der Waals surface area contributed by atoms with E-state index in [-0.39, 0.29) is 5.91 Å². The molecule has 4 nitrogen and oxygen atoms in total. The number of nitrogens with two attached hydrogens (primary N) is 1. The minimum atomic E-state index is -0.548. The van der Waals surface area contributed by atoms with Crippen molar-refractivity contribution in [2.45, 2.75) is 45.6 Å². The minimum absolute atomic E-state index is 0.146. The highest BCUT2D eigenvalue weighted by Crippen LogP contribution is 2.47. The van der Waals surface area contributed by atoms with Crippen LogP contribution in [-0.4, -0.2) is 41.6 Å². The van der Waals surface area contributed by atoms with Gasteiger partial charge in [0.25, 0.3) is 0 Å². The topological polar surface area (TPSA) is 55.6 Å². The molecular weight excluding hydrogens is 260 g/mol. The van der Waals surface area contributed by atoms with E-state index in [1.807, 2.05) is 11.8 Å². The van der Waals surface area contributed by atoms with Crippen molar-refractivity contribution in [3.8, 4) is 0 Å². The van der Waals surface area contributed by atoms with Crippen LogP contribution in [0.3, 0.4) is 0 Å². The van der Waals surface area contributed by atoms with Crippen LogP contribution in [0.4, 0.5) is 0 Å². The van der Waals surface area contributed by atoms with E-state index in [4.69, 9.17) is 22.7 Å². The molecule has 1 saturated heterocycles. The molecule has 0 bridgehead atoms. The summed E-state index contributed by atoms with van der Waals surface area (Å²) in [5.74, 6) is 0.694. The maximum Gasteiger partial charge on any atom is 0.235 e. The number of piperidine rings is 1. The van der Waals surface area contributed by atoms with Gasteiger partial charge in [-0.1, -0.05) is 19.1 Å². The summed E-state index contributed by atoms with van der Waals surface area (Å²) in [6.07, 6.45) is 3.76. The highest BCUT2D eigenvalue weighted by atomic mass is 32.1. The average molecular weight is 284 g/mol. The van der Waals surface area contributed by atoms with Gasteiger partial charge in [0.1, 0.15) is 0 Å². The number of ether oxygens (including phenoxy) is 1. The van der Waals surface area contributed by atoms with Crippen LogP contribution in [0.2, 0.25) is 0 Å². The lowest BCUT2D eigenvalue weighted by atomic mass is 9.61. The largest absolute Gasteiger partial charge is 0.392 e. The average Bonchev–Trinajstić information content (AvgIpc) is 2.35. The summed E-state index contributed by atoms with van der Waals surface area (Å²) in [4.78, 5) is 15.0. The Balaban J connectivity index is 1.95. The molecule has 0 aromatic rings. The van der Waals surface area contributed by atoms with Crippen molar-refractivity contribution >= 4 is 23.1 Å². The van der Waals surface area contributed by atoms with Gasteiger partial charge in [0.2, 0.25) is 5.91 Å². The van der Waals surface area contributed by atoms with Gasteiger partial charge >= 0.3 is 0 Å². The Morgan fingerprint density at radius 2 is 2.00 bits per heavy atom. The second-order valence-corrected chi connectivity index (χ2v) is 6.35. The van der Waals surface area contributed by atoms with Crippen molar-refractivity contribution in [2.75, 3.05) is 19.7 Å². The molecule has 5 heteroatoms. The molecule has 1 aliphatic carbocycles. The van der Waals surface area contributed by atoms with E-state index < -0.39 is 5.41 Å². The maximum absolute atomic E-state index is 12.7. The molecule has 2 fully saturated rings. The smallest absolute Gasteiger partial charge is 0.235 e. The van der Waals surface area contributed by atoms with Crippen LogP contribution >= 0.6 is 12.2 Å². The maximum atomic E-state index is 12.7. The van der Waals surface area contributed by atoms with Crippen molar-refractivity contribution in [1.82, 2.24) is 4.90 Å². The zero-order valence-corrected chi connectivity index (χ0v) is 12.7. The first-order chi connectivity index (χ1) is 8.99. The molecule has 2 rings (SSSR count). The van der Waals surface area contributed by atoms with E-state index in [1.54, 1.807) is 0 Å². The van der Waals surface area contributed by atoms with Crippen LogP contribution in [0.5, 0.6) is 0 Å². The molecule has 0 aromatic heterocycles. The first kappa shape index (κ1) is 14.7. The molecule has 2 aliphatic rings. The lowest BCUT2D eigenvalue weighted by Crippen LogP contribution is -2.58. The van der Waals surface area contributed by atoms with Gasteiger partial charge in [-0.3, -0.25) is 4.79 Å². The van der Waals surface area contributed by atoms with Gasteiger partial charge in [0.05, 0.1) is 16.5 Å². The quantitative estimate of drug-likeness (QED) is 0.799. The Hall–Kier alpha value is -0.680. The van der Waals surface area contributed by atoms with E-state index in [1.165, 1.54) is 0 Å². The summed E-state index contributed by atoms with van der Waals surface area (Å²) in [5, 5.41) is 0. The monoisotopic (exact) mass is 284 g/mol. The molecule has 0 radical (unpaired) electrons. The van der Waals surface area contributed by atoms with Gasteiger partial charge in [0.15, 0.2) is 0 Å². The first-order valence-corrected chi connectivity index (χ1v) is 7.61. The molecule has 1 amide bonds.